The Bertz CT molecular complexity index is 588. The molecule has 0 radical (unpaired) electrons. The van der Waals surface area contributed by atoms with Gasteiger partial charge in [-0.15, -0.1) is 11.3 Å². The zero-order valence-electron chi connectivity index (χ0n) is 10.8. The Labute approximate surface area is 116 Å². The van der Waals surface area contributed by atoms with E-state index in [1.807, 2.05) is 23.7 Å². The number of benzene rings is 1. The van der Waals surface area contributed by atoms with Gasteiger partial charge < -0.3 is 4.74 Å². The summed E-state index contributed by atoms with van der Waals surface area (Å²) in [5, 5.41) is 3.02. The van der Waals surface area contributed by atoms with Gasteiger partial charge >= 0.3 is 5.97 Å². The van der Waals surface area contributed by atoms with Gasteiger partial charge in [0.1, 0.15) is 5.01 Å². The predicted octanol–water partition coefficient (Wildman–Crippen LogP) is 3.40. The van der Waals surface area contributed by atoms with E-state index in [1.54, 1.807) is 11.3 Å². The van der Waals surface area contributed by atoms with Gasteiger partial charge in [0.15, 0.2) is 0 Å². The Balaban J connectivity index is 2.05. The summed E-state index contributed by atoms with van der Waals surface area (Å²) in [7, 11) is 1.43. The Morgan fingerprint density at radius 3 is 2.95 bits per heavy atom. The van der Waals surface area contributed by atoms with Crippen LogP contribution in [0.15, 0.2) is 29.8 Å². The minimum atomic E-state index is -0.182. The molecular weight excluding hydrogens is 258 g/mol. The molecule has 0 N–H and O–H groups in total. The number of hydrogen-bond donors (Lipinski definition) is 0. The zero-order chi connectivity index (χ0) is 13.2. The SMILES string of the molecule is COC(=O)Cc1cccc(-c2nccs2)c1C1CC1. The van der Waals surface area contributed by atoms with Crippen molar-refractivity contribution in [2.75, 3.05) is 7.11 Å². The van der Waals surface area contributed by atoms with E-state index >= 15 is 0 Å². The Morgan fingerprint density at radius 2 is 2.32 bits per heavy atom. The molecule has 0 unspecified atom stereocenters. The fourth-order valence-corrected chi connectivity index (χ4v) is 3.07. The molecule has 1 aromatic heterocycles. The van der Waals surface area contributed by atoms with Crippen molar-refractivity contribution in [2.24, 2.45) is 0 Å². The highest BCUT2D eigenvalue weighted by Gasteiger charge is 2.29. The fourth-order valence-electron chi connectivity index (χ4n) is 2.39. The number of rotatable bonds is 4. The molecule has 1 saturated carbocycles. The monoisotopic (exact) mass is 273 g/mol. The van der Waals surface area contributed by atoms with Gasteiger partial charge in [0.05, 0.1) is 13.5 Å². The van der Waals surface area contributed by atoms with E-state index in [9.17, 15) is 4.79 Å². The molecule has 0 amide bonds. The molecule has 98 valence electrons. The smallest absolute Gasteiger partial charge is 0.309 e. The van der Waals surface area contributed by atoms with E-state index in [0.29, 0.717) is 12.3 Å². The van der Waals surface area contributed by atoms with E-state index in [0.717, 1.165) is 10.6 Å². The van der Waals surface area contributed by atoms with Gasteiger partial charge in [-0.05, 0) is 29.9 Å². The summed E-state index contributed by atoms with van der Waals surface area (Å²) in [4.78, 5) is 15.9. The van der Waals surface area contributed by atoms with Gasteiger partial charge in [-0.3, -0.25) is 4.79 Å². The normalized spacial score (nSPS) is 14.4. The second kappa shape index (κ2) is 5.13. The molecular formula is C15H15NO2S. The quantitative estimate of drug-likeness (QED) is 0.801. The van der Waals surface area contributed by atoms with Crippen molar-refractivity contribution in [1.82, 2.24) is 4.98 Å². The van der Waals surface area contributed by atoms with Crippen molar-refractivity contribution >= 4 is 17.3 Å². The maximum Gasteiger partial charge on any atom is 0.309 e. The standard InChI is InChI=1S/C15H15NO2S/c1-18-13(17)9-11-3-2-4-12(14(11)10-5-6-10)15-16-7-8-19-15/h2-4,7-8,10H,5-6,9H2,1H3. The third-order valence-corrected chi connectivity index (χ3v) is 4.21. The first-order chi connectivity index (χ1) is 9.29. The molecule has 1 heterocycles. The summed E-state index contributed by atoms with van der Waals surface area (Å²) in [6, 6.07) is 6.13. The number of esters is 1. The van der Waals surface area contributed by atoms with Crippen LogP contribution in [0.3, 0.4) is 0 Å². The molecule has 1 aliphatic rings. The highest BCUT2D eigenvalue weighted by molar-refractivity contribution is 7.13. The van der Waals surface area contributed by atoms with E-state index in [4.69, 9.17) is 4.74 Å². The summed E-state index contributed by atoms with van der Waals surface area (Å²) >= 11 is 1.64. The number of thiazole rings is 1. The van der Waals surface area contributed by atoms with E-state index in [-0.39, 0.29) is 5.97 Å². The number of methoxy groups -OCH3 is 1. The molecule has 0 spiro atoms. The maximum absolute atomic E-state index is 11.5. The van der Waals surface area contributed by atoms with Crippen molar-refractivity contribution in [3.63, 3.8) is 0 Å². The molecule has 4 heteroatoms. The van der Waals surface area contributed by atoms with Crippen LogP contribution < -0.4 is 0 Å². The lowest BCUT2D eigenvalue weighted by molar-refractivity contribution is -0.139. The first kappa shape index (κ1) is 12.4. The first-order valence-electron chi connectivity index (χ1n) is 6.38. The van der Waals surface area contributed by atoms with Crippen LogP contribution in [-0.4, -0.2) is 18.1 Å². The van der Waals surface area contributed by atoms with Crippen LogP contribution in [0.5, 0.6) is 0 Å². The average Bonchev–Trinajstić information content (AvgIpc) is 3.12. The summed E-state index contributed by atoms with van der Waals surface area (Å²) in [6.45, 7) is 0. The summed E-state index contributed by atoms with van der Waals surface area (Å²) < 4.78 is 4.79. The third-order valence-electron chi connectivity index (χ3n) is 3.41. The number of carbonyl (C=O) groups excluding carboxylic acids is 1. The molecule has 0 saturated heterocycles. The summed E-state index contributed by atoms with van der Waals surface area (Å²) in [5.74, 6) is 0.401. The van der Waals surface area contributed by atoms with Crippen molar-refractivity contribution in [3.05, 3.63) is 40.9 Å². The van der Waals surface area contributed by atoms with Gasteiger partial charge in [0.25, 0.3) is 0 Å². The summed E-state index contributed by atoms with van der Waals surface area (Å²) in [6.07, 6.45) is 4.58. The van der Waals surface area contributed by atoms with E-state index < -0.39 is 0 Å². The van der Waals surface area contributed by atoms with Gasteiger partial charge in [0.2, 0.25) is 0 Å². The highest BCUT2D eigenvalue weighted by Crippen LogP contribution is 2.46. The van der Waals surface area contributed by atoms with Crippen molar-refractivity contribution < 1.29 is 9.53 Å². The molecule has 1 aliphatic carbocycles. The van der Waals surface area contributed by atoms with Crippen LogP contribution in [0.2, 0.25) is 0 Å². The Morgan fingerprint density at radius 1 is 1.47 bits per heavy atom. The average molecular weight is 273 g/mol. The van der Waals surface area contributed by atoms with Crippen molar-refractivity contribution in [2.45, 2.75) is 25.2 Å². The van der Waals surface area contributed by atoms with Crippen LogP contribution in [0.1, 0.15) is 29.9 Å². The fraction of sp³-hybridized carbons (Fsp3) is 0.333. The zero-order valence-corrected chi connectivity index (χ0v) is 11.6. The molecule has 2 aromatic rings. The lowest BCUT2D eigenvalue weighted by Crippen LogP contribution is -2.07. The molecule has 1 fully saturated rings. The Kier molecular flexibility index (Phi) is 3.34. The lowest BCUT2D eigenvalue weighted by Gasteiger charge is -2.12. The largest absolute Gasteiger partial charge is 0.469 e. The van der Waals surface area contributed by atoms with Gasteiger partial charge in [-0.2, -0.15) is 0 Å². The van der Waals surface area contributed by atoms with Crippen LogP contribution in [0.4, 0.5) is 0 Å². The minimum absolute atomic E-state index is 0.182. The maximum atomic E-state index is 11.5. The Hall–Kier alpha value is -1.68. The summed E-state index contributed by atoms with van der Waals surface area (Å²) in [5.41, 5.74) is 3.56. The highest BCUT2D eigenvalue weighted by atomic mass is 32.1. The predicted molar refractivity (Wildman–Crippen MR) is 75.2 cm³/mol. The van der Waals surface area contributed by atoms with E-state index in [2.05, 4.69) is 11.1 Å². The second-order valence-corrected chi connectivity index (χ2v) is 5.64. The first-order valence-corrected chi connectivity index (χ1v) is 7.26. The number of nitrogens with zero attached hydrogens (tertiary/aromatic N) is 1. The van der Waals surface area contributed by atoms with Gasteiger partial charge in [-0.1, -0.05) is 18.2 Å². The lowest BCUT2D eigenvalue weighted by atomic mass is 9.95. The molecule has 0 aliphatic heterocycles. The molecule has 3 rings (SSSR count). The van der Waals surface area contributed by atoms with Crippen LogP contribution in [0, 0.1) is 0 Å². The van der Waals surface area contributed by atoms with Gasteiger partial charge in [-0.25, -0.2) is 4.98 Å². The second-order valence-electron chi connectivity index (χ2n) is 4.74. The molecule has 0 atom stereocenters. The van der Waals surface area contributed by atoms with E-state index in [1.165, 1.54) is 31.1 Å². The molecule has 1 aromatic carbocycles. The van der Waals surface area contributed by atoms with Crippen LogP contribution in [-0.2, 0) is 16.0 Å². The van der Waals surface area contributed by atoms with Crippen molar-refractivity contribution in [3.8, 4) is 10.6 Å². The number of aromatic nitrogens is 1. The topological polar surface area (TPSA) is 39.2 Å². The third kappa shape index (κ3) is 2.54. The molecule has 0 bridgehead atoms. The number of hydrogen-bond acceptors (Lipinski definition) is 4. The van der Waals surface area contributed by atoms with Crippen LogP contribution in [0.25, 0.3) is 10.6 Å². The number of ether oxygens (including phenoxy) is 1. The molecule has 19 heavy (non-hydrogen) atoms. The van der Waals surface area contributed by atoms with Crippen molar-refractivity contribution in [1.29, 1.82) is 0 Å². The van der Waals surface area contributed by atoms with Crippen LogP contribution >= 0.6 is 11.3 Å². The number of carbonyl (C=O) groups is 1. The molecule has 3 nitrogen and oxygen atoms in total. The van der Waals surface area contributed by atoms with Gasteiger partial charge in [0, 0.05) is 17.1 Å². The minimum Gasteiger partial charge on any atom is -0.469 e.